The summed E-state index contributed by atoms with van der Waals surface area (Å²) in [6.45, 7) is 7.75. The molecular weight excluding hydrogens is 299 g/mol. The number of benzene rings is 1. The molecule has 0 aromatic heterocycles. The lowest BCUT2D eigenvalue weighted by Gasteiger charge is -2.48. The Labute approximate surface area is 135 Å². The van der Waals surface area contributed by atoms with Gasteiger partial charge in [-0.15, -0.1) is 0 Å². The van der Waals surface area contributed by atoms with Crippen molar-refractivity contribution in [2.24, 2.45) is 11.8 Å². The lowest BCUT2D eigenvalue weighted by Crippen LogP contribution is -2.55. The molecule has 126 valence electrons. The number of halogens is 1. The van der Waals surface area contributed by atoms with E-state index in [1.807, 2.05) is 27.7 Å². The van der Waals surface area contributed by atoms with Gasteiger partial charge in [0, 0.05) is 11.8 Å². The minimum Gasteiger partial charge on any atom is -0.384 e. The molecule has 2 bridgehead atoms. The highest BCUT2D eigenvalue weighted by Crippen LogP contribution is 2.55. The Balaban J connectivity index is 1.74. The fraction of sp³-hybridized carbons (Fsp3) is 0.667. The minimum absolute atomic E-state index is 0.179. The van der Waals surface area contributed by atoms with Gasteiger partial charge in [-0.05, 0) is 31.5 Å². The quantitative estimate of drug-likeness (QED) is 0.863. The first-order chi connectivity index (χ1) is 10.7. The number of fused-ring (bicyclic) bond motifs is 5. The first-order valence-corrected chi connectivity index (χ1v) is 8.23. The van der Waals surface area contributed by atoms with Crippen molar-refractivity contribution in [3.63, 3.8) is 0 Å². The van der Waals surface area contributed by atoms with Crippen LogP contribution in [0, 0.1) is 17.7 Å². The Morgan fingerprint density at radius 1 is 0.913 bits per heavy atom. The smallest absolute Gasteiger partial charge is 0.164 e. The molecule has 3 fully saturated rings. The maximum absolute atomic E-state index is 13.3. The van der Waals surface area contributed by atoms with Gasteiger partial charge in [-0.3, -0.25) is 0 Å². The predicted octanol–water partition coefficient (Wildman–Crippen LogP) is 2.59. The van der Waals surface area contributed by atoms with E-state index in [1.54, 1.807) is 12.1 Å². The van der Waals surface area contributed by atoms with Crippen molar-refractivity contribution < 1.29 is 23.7 Å². The van der Waals surface area contributed by atoms with E-state index in [-0.39, 0.29) is 42.1 Å². The highest BCUT2D eigenvalue weighted by molar-refractivity contribution is 5.29. The summed E-state index contributed by atoms with van der Waals surface area (Å²) in [7, 11) is 0. The summed E-state index contributed by atoms with van der Waals surface area (Å²) in [5.41, 5.74) is -0.376. The van der Waals surface area contributed by atoms with Crippen molar-refractivity contribution in [2.45, 2.75) is 63.5 Å². The minimum atomic E-state index is -1.09. The van der Waals surface area contributed by atoms with Gasteiger partial charge in [-0.1, -0.05) is 26.0 Å². The van der Waals surface area contributed by atoms with Crippen LogP contribution in [-0.4, -0.2) is 35.3 Å². The molecule has 0 saturated carbocycles. The molecule has 1 aromatic rings. The first-order valence-electron chi connectivity index (χ1n) is 8.23. The molecule has 0 spiro atoms. The van der Waals surface area contributed by atoms with Crippen LogP contribution in [0.1, 0.15) is 33.3 Å². The lowest BCUT2D eigenvalue weighted by molar-refractivity contribution is -0.252. The summed E-state index contributed by atoms with van der Waals surface area (Å²) in [6.07, 6.45) is -0.833. The largest absolute Gasteiger partial charge is 0.384 e. The Kier molecular flexibility index (Phi) is 3.21. The van der Waals surface area contributed by atoms with Crippen LogP contribution < -0.4 is 0 Å². The van der Waals surface area contributed by atoms with Gasteiger partial charge in [0.25, 0.3) is 0 Å². The van der Waals surface area contributed by atoms with Gasteiger partial charge in [-0.25, -0.2) is 4.39 Å². The van der Waals surface area contributed by atoms with Gasteiger partial charge >= 0.3 is 0 Å². The van der Waals surface area contributed by atoms with Gasteiger partial charge in [0.05, 0.1) is 17.8 Å². The second-order valence-corrected chi connectivity index (χ2v) is 7.54. The van der Waals surface area contributed by atoms with Crippen LogP contribution in [0.2, 0.25) is 0 Å². The Bertz CT molecular complexity index is 588. The van der Waals surface area contributed by atoms with Crippen LogP contribution in [0.25, 0.3) is 0 Å². The summed E-state index contributed by atoms with van der Waals surface area (Å²) in [4.78, 5) is 0. The van der Waals surface area contributed by atoms with Gasteiger partial charge < -0.3 is 19.3 Å². The highest BCUT2D eigenvalue weighted by atomic mass is 19.1. The molecule has 4 rings (SSSR count). The maximum Gasteiger partial charge on any atom is 0.164 e. The van der Waals surface area contributed by atoms with Gasteiger partial charge in [0.15, 0.2) is 5.79 Å². The van der Waals surface area contributed by atoms with E-state index >= 15 is 0 Å². The molecule has 7 atom stereocenters. The van der Waals surface area contributed by atoms with E-state index in [2.05, 4.69) is 0 Å². The normalized spacial score (nSPS) is 47.6. The maximum atomic E-state index is 13.3. The third-order valence-corrected chi connectivity index (χ3v) is 5.81. The van der Waals surface area contributed by atoms with E-state index in [0.29, 0.717) is 0 Å². The van der Waals surface area contributed by atoms with E-state index in [4.69, 9.17) is 14.2 Å². The third kappa shape index (κ3) is 2.03. The molecule has 3 aliphatic heterocycles. The van der Waals surface area contributed by atoms with Crippen LogP contribution in [0.5, 0.6) is 0 Å². The third-order valence-electron chi connectivity index (χ3n) is 5.81. The fourth-order valence-corrected chi connectivity index (χ4v) is 4.62. The fourth-order valence-electron chi connectivity index (χ4n) is 4.62. The Morgan fingerprint density at radius 3 is 1.87 bits per heavy atom. The molecule has 1 unspecified atom stereocenters. The molecule has 23 heavy (non-hydrogen) atoms. The van der Waals surface area contributed by atoms with E-state index < -0.39 is 11.4 Å². The Hall–Kier alpha value is -1.01. The summed E-state index contributed by atoms with van der Waals surface area (Å²) in [5.74, 6) is -1.31. The number of aliphatic hydroxyl groups is 1. The monoisotopic (exact) mass is 322 g/mol. The molecule has 0 aliphatic carbocycles. The summed E-state index contributed by atoms with van der Waals surface area (Å²) < 4.78 is 31.5. The van der Waals surface area contributed by atoms with Crippen molar-refractivity contribution >= 4 is 0 Å². The topological polar surface area (TPSA) is 47.9 Å². The van der Waals surface area contributed by atoms with Crippen LogP contribution >= 0.6 is 0 Å². The zero-order chi connectivity index (χ0) is 16.6. The van der Waals surface area contributed by atoms with E-state index in [9.17, 15) is 9.50 Å². The van der Waals surface area contributed by atoms with Crippen molar-refractivity contribution in [2.75, 3.05) is 0 Å². The number of hydrogen-bond acceptors (Lipinski definition) is 4. The van der Waals surface area contributed by atoms with Crippen LogP contribution in [0.3, 0.4) is 0 Å². The highest BCUT2D eigenvalue weighted by Gasteiger charge is 2.66. The van der Waals surface area contributed by atoms with Crippen LogP contribution in [0.15, 0.2) is 24.3 Å². The number of ether oxygens (including phenoxy) is 3. The summed E-state index contributed by atoms with van der Waals surface area (Å²) in [5, 5.41) is 11.5. The summed E-state index contributed by atoms with van der Waals surface area (Å²) >= 11 is 0. The number of hydrogen-bond donors (Lipinski definition) is 1. The average Bonchev–Trinajstić information content (AvgIpc) is 2.96. The van der Waals surface area contributed by atoms with E-state index in [1.165, 1.54) is 12.1 Å². The average molecular weight is 322 g/mol. The zero-order valence-electron chi connectivity index (χ0n) is 13.8. The lowest BCUT2D eigenvalue weighted by atomic mass is 9.69. The van der Waals surface area contributed by atoms with Crippen LogP contribution in [-0.2, 0) is 19.8 Å². The summed E-state index contributed by atoms with van der Waals surface area (Å²) in [6, 6.07) is 6.10. The molecule has 5 heteroatoms. The second-order valence-electron chi connectivity index (χ2n) is 7.54. The molecule has 3 heterocycles. The second kappa shape index (κ2) is 4.76. The van der Waals surface area contributed by atoms with Crippen molar-refractivity contribution in [1.29, 1.82) is 0 Å². The zero-order valence-corrected chi connectivity index (χ0v) is 13.8. The molecule has 0 radical (unpaired) electrons. The molecule has 3 saturated heterocycles. The molecule has 3 aliphatic rings. The standard InChI is InChI=1S/C18H23FO4/c1-9-13-15-16(23-17(3,4)22-15)14(21-13)10(2)18(9,20)11-5-7-12(19)8-6-11/h5-10,13-16,20H,1-4H3/t9-,10+,13-,14+,15-,16+,18?. The number of rotatable bonds is 1. The first kappa shape index (κ1) is 15.5. The van der Waals surface area contributed by atoms with Gasteiger partial charge in [-0.2, -0.15) is 0 Å². The van der Waals surface area contributed by atoms with Crippen molar-refractivity contribution in [3.8, 4) is 0 Å². The molecular formula is C18H23FO4. The van der Waals surface area contributed by atoms with Gasteiger partial charge in [0.2, 0.25) is 0 Å². The van der Waals surface area contributed by atoms with Crippen LogP contribution in [0.4, 0.5) is 4.39 Å². The predicted molar refractivity (Wildman–Crippen MR) is 81.1 cm³/mol. The van der Waals surface area contributed by atoms with Crippen molar-refractivity contribution in [3.05, 3.63) is 35.6 Å². The molecule has 1 N–H and O–H groups in total. The van der Waals surface area contributed by atoms with Gasteiger partial charge in [0.1, 0.15) is 18.0 Å². The molecule has 0 amide bonds. The molecule has 4 nitrogen and oxygen atoms in total. The Morgan fingerprint density at radius 2 is 1.39 bits per heavy atom. The van der Waals surface area contributed by atoms with E-state index in [0.717, 1.165) is 5.56 Å². The molecule has 1 aromatic carbocycles. The van der Waals surface area contributed by atoms with Crippen molar-refractivity contribution in [1.82, 2.24) is 0 Å². The SMILES string of the molecule is C[C@@H]1[C@H]2O[C@H]([C@@H]3OC(C)(C)O[C@@H]32)[C@H](C)C1(O)c1ccc(F)cc1.